The topological polar surface area (TPSA) is 26.0 Å². The lowest BCUT2D eigenvalue weighted by molar-refractivity contribution is 0.177. The van der Waals surface area contributed by atoms with Gasteiger partial charge in [-0.25, -0.2) is 8.78 Å². The molecule has 0 aliphatic carbocycles. The minimum Gasteiger partial charge on any atom is -0.327 e. The second-order valence-electron chi connectivity index (χ2n) is 1.91. The normalized spacial score (nSPS) is 14.3. The fraction of sp³-hybridized carbons (Fsp3) is 1.00. The van der Waals surface area contributed by atoms with E-state index in [9.17, 15) is 8.78 Å². The van der Waals surface area contributed by atoms with Gasteiger partial charge < -0.3 is 5.73 Å². The first kappa shape index (κ1) is 9.17. The van der Waals surface area contributed by atoms with Gasteiger partial charge in [-0.1, -0.05) is 0 Å². The third-order valence-corrected chi connectivity index (χ3v) is 1.87. The van der Waals surface area contributed by atoms with Gasteiger partial charge in [-0.3, -0.25) is 0 Å². The highest BCUT2D eigenvalue weighted by Crippen LogP contribution is 2.06. The van der Waals surface area contributed by atoms with Crippen LogP contribution < -0.4 is 5.73 Å². The van der Waals surface area contributed by atoms with E-state index >= 15 is 0 Å². The fourth-order valence-electron chi connectivity index (χ4n) is 0.343. The molecule has 0 radical (unpaired) electrons. The van der Waals surface area contributed by atoms with Crippen LogP contribution in [0.5, 0.6) is 0 Å². The predicted octanol–water partition coefficient (Wildman–Crippen LogP) is 1.33. The lowest BCUT2D eigenvalue weighted by Gasteiger charge is -2.02. The lowest BCUT2D eigenvalue weighted by Crippen LogP contribution is -2.18. The Morgan fingerprint density at radius 3 is 2.33 bits per heavy atom. The Hall–Kier alpha value is 0.170. The molecule has 0 aromatic rings. The Bertz CT molecular complexity index is 60.0. The second-order valence-corrected chi connectivity index (χ2v) is 2.98. The number of nitrogens with two attached hydrogens (primary N) is 1. The molecular weight excluding hydrogens is 144 g/mol. The highest BCUT2D eigenvalue weighted by Gasteiger charge is 2.02. The predicted molar refractivity (Wildman–Crippen MR) is 37.0 cm³/mol. The quantitative estimate of drug-likeness (QED) is 0.662. The summed E-state index contributed by atoms with van der Waals surface area (Å²) >= 11 is 1.19. The van der Waals surface area contributed by atoms with E-state index in [0.29, 0.717) is 5.75 Å². The van der Waals surface area contributed by atoms with Gasteiger partial charge in [-0.05, 0) is 6.92 Å². The maximum atomic E-state index is 11.4. The zero-order chi connectivity index (χ0) is 7.28. The number of halogens is 2. The van der Waals surface area contributed by atoms with E-state index in [1.54, 1.807) is 6.92 Å². The number of thioether (sulfide) groups is 1. The van der Waals surface area contributed by atoms with Crippen LogP contribution >= 0.6 is 11.8 Å². The largest absolute Gasteiger partial charge is 0.327 e. The van der Waals surface area contributed by atoms with Crippen LogP contribution in [-0.2, 0) is 0 Å². The van der Waals surface area contributed by atoms with Crippen molar-refractivity contribution in [3.05, 3.63) is 0 Å². The summed E-state index contributed by atoms with van der Waals surface area (Å²) in [6.07, 6.45) is -2.20. The first-order chi connectivity index (χ1) is 4.13. The van der Waals surface area contributed by atoms with Gasteiger partial charge in [0, 0.05) is 11.8 Å². The molecule has 0 aromatic carbocycles. The summed E-state index contributed by atoms with van der Waals surface area (Å²) in [4.78, 5) is 0. The highest BCUT2D eigenvalue weighted by molar-refractivity contribution is 7.99. The molecule has 0 heterocycles. The van der Waals surface area contributed by atoms with Crippen molar-refractivity contribution in [3.63, 3.8) is 0 Å². The van der Waals surface area contributed by atoms with Crippen LogP contribution in [0.1, 0.15) is 6.92 Å². The molecular formula is C5H11F2NS. The molecule has 1 nitrogen and oxygen atoms in total. The van der Waals surface area contributed by atoms with Crippen LogP contribution in [0.25, 0.3) is 0 Å². The van der Waals surface area contributed by atoms with Gasteiger partial charge in [0.25, 0.3) is 0 Å². The van der Waals surface area contributed by atoms with Crippen molar-refractivity contribution >= 4 is 11.8 Å². The zero-order valence-electron chi connectivity index (χ0n) is 5.31. The first-order valence-electron chi connectivity index (χ1n) is 2.74. The van der Waals surface area contributed by atoms with Gasteiger partial charge in [-0.15, -0.1) is 0 Å². The van der Waals surface area contributed by atoms with Gasteiger partial charge in [0.2, 0.25) is 6.43 Å². The van der Waals surface area contributed by atoms with E-state index in [1.807, 2.05) is 0 Å². The van der Waals surface area contributed by atoms with Crippen LogP contribution in [0.2, 0.25) is 0 Å². The van der Waals surface area contributed by atoms with Gasteiger partial charge in [0.1, 0.15) is 0 Å². The Morgan fingerprint density at radius 2 is 2.00 bits per heavy atom. The Morgan fingerprint density at radius 1 is 1.44 bits per heavy atom. The van der Waals surface area contributed by atoms with Crippen molar-refractivity contribution in [2.45, 2.75) is 19.4 Å². The van der Waals surface area contributed by atoms with Gasteiger partial charge in [0.05, 0.1) is 5.75 Å². The first-order valence-corrected chi connectivity index (χ1v) is 3.90. The summed E-state index contributed by atoms with van der Waals surface area (Å²) in [5.74, 6) is 0.520. The second kappa shape index (κ2) is 4.99. The fourth-order valence-corrected chi connectivity index (χ4v) is 1.03. The molecule has 0 spiro atoms. The van der Waals surface area contributed by atoms with E-state index in [-0.39, 0.29) is 11.8 Å². The van der Waals surface area contributed by atoms with Gasteiger partial charge in [0.15, 0.2) is 0 Å². The molecule has 0 saturated carbocycles. The van der Waals surface area contributed by atoms with Crippen LogP contribution in [0.3, 0.4) is 0 Å². The molecule has 1 atom stereocenters. The summed E-state index contributed by atoms with van der Waals surface area (Å²) in [6, 6.07) is 0.0220. The highest BCUT2D eigenvalue weighted by atomic mass is 32.2. The van der Waals surface area contributed by atoms with Crippen LogP contribution in [0.4, 0.5) is 8.78 Å². The lowest BCUT2D eigenvalue weighted by atomic mass is 10.4. The van der Waals surface area contributed by atoms with Gasteiger partial charge >= 0.3 is 0 Å². The van der Waals surface area contributed by atoms with E-state index in [0.717, 1.165) is 0 Å². The molecule has 0 fully saturated rings. The Kier molecular flexibility index (Phi) is 5.09. The molecule has 0 rings (SSSR count). The standard InChI is InChI=1S/C5H11F2NS/c1-4(8)2-9-3-5(6)7/h4-5H,2-3,8H2,1H3/t4-/m1/s1. The van der Waals surface area contributed by atoms with Crippen molar-refractivity contribution < 1.29 is 8.78 Å². The SMILES string of the molecule is C[C@@H](N)CSCC(F)F. The number of hydrogen-bond acceptors (Lipinski definition) is 2. The summed E-state index contributed by atoms with van der Waals surface area (Å²) in [5, 5.41) is 0. The summed E-state index contributed by atoms with van der Waals surface area (Å²) in [7, 11) is 0. The third kappa shape index (κ3) is 8.17. The molecule has 4 heteroatoms. The van der Waals surface area contributed by atoms with E-state index in [4.69, 9.17) is 5.73 Å². The molecule has 0 bridgehead atoms. The molecule has 0 aromatic heterocycles. The maximum Gasteiger partial charge on any atom is 0.247 e. The molecule has 56 valence electrons. The van der Waals surface area contributed by atoms with E-state index in [1.165, 1.54) is 11.8 Å². The van der Waals surface area contributed by atoms with Crippen LogP contribution in [0.15, 0.2) is 0 Å². The smallest absolute Gasteiger partial charge is 0.247 e. The van der Waals surface area contributed by atoms with Crippen molar-refractivity contribution in [1.29, 1.82) is 0 Å². The minimum atomic E-state index is -2.20. The summed E-state index contributed by atoms with van der Waals surface area (Å²) < 4.78 is 22.8. The summed E-state index contributed by atoms with van der Waals surface area (Å²) in [6.45, 7) is 1.80. The van der Waals surface area contributed by atoms with Crippen molar-refractivity contribution in [3.8, 4) is 0 Å². The average Bonchev–Trinajstić information content (AvgIpc) is 1.63. The average molecular weight is 155 g/mol. The molecule has 0 aliphatic rings. The number of rotatable bonds is 4. The van der Waals surface area contributed by atoms with Crippen LogP contribution in [-0.4, -0.2) is 24.0 Å². The van der Waals surface area contributed by atoms with Crippen molar-refractivity contribution in [2.75, 3.05) is 11.5 Å². The number of alkyl halides is 2. The third-order valence-electron chi connectivity index (χ3n) is 0.625. The zero-order valence-corrected chi connectivity index (χ0v) is 6.13. The molecule has 0 unspecified atom stereocenters. The monoisotopic (exact) mass is 155 g/mol. The van der Waals surface area contributed by atoms with Crippen molar-refractivity contribution in [2.24, 2.45) is 5.73 Å². The Labute approximate surface area is 58.0 Å². The molecule has 0 aliphatic heterocycles. The molecule has 9 heavy (non-hydrogen) atoms. The van der Waals surface area contributed by atoms with Crippen molar-refractivity contribution in [1.82, 2.24) is 0 Å². The van der Waals surface area contributed by atoms with Crippen LogP contribution in [0, 0.1) is 0 Å². The molecule has 0 saturated heterocycles. The maximum absolute atomic E-state index is 11.4. The molecule has 0 amide bonds. The minimum absolute atomic E-state index is 0.0220. The Balaban J connectivity index is 2.91. The van der Waals surface area contributed by atoms with E-state index < -0.39 is 6.43 Å². The number of hydrogen-bond donors (Lipinski definition) is 1. The summed E-state index contributed by atoms with van der Waals surface area (Å²) in [5.41, 5.74) is 5.31. The van der Waals surface area contributed by atoms with Gasteiger partial charge in [-0.2, -0.15) is 11.8 Å². The van der Waals surface area contributed by atoms with E-state index in [2.05, 4.69) is 0 Å². The molecule has 2 N–H and O–H groups in total.